The lowest BCUT2D eigenvalue weighted by Gasteiger charge is -2.10. The van der Waals surface area contributed by atoms with Gasteiger partial charge in [0, 0.05) is 6.54 Å². The van der Waals surface area contributed by atoms with Gasteiger partial charge < -0.3 is 5.32 Å². The van der Waals surface area contributed by atoms with E-state index in [1.165, 1.54) is 34.6 Å². The molecular formula is C18H21NS. The number of rotatable bonds is 5. The van der Waals surface area contributed by atoms with Gasteiger partial charge in [0.2, 0.25) is 0 Å². The molecule has 2 heteroatoms. The highest BCUT2D eigenvalue weighted by atomic mass is 32.2. The number of nitrogens with one attached hydrogen (secondary N) is 1. The molecule has 1 aliphatic heterocycles. The van der Waals surface area contributed by atoms with E-state index in [9.17, 15) is 0 Å². The highest BCUT2D eigenvalue weighted by molar-refractivity contribution is 7.99. The van der Waals surface area contributed by atoms with Crippen LogP contribution in [0.15, 0.2) is 54.6 Å². The third-order valence-corrected chi connectivity index (χ3v) is 5.08. The molecule has 1 atom stereocenters. The van der Waals surface area contributed by atoms with Crippen LogP contribution in [-0.4, -0.2) is 18.1 Å². The largest absolute Gasteiger partial charge is 0.312 e. The molecule has 1 saturated heterocycles. The van der Waals surface area contributed by atoms with Crippen LogP contribution in [0.25, 0.3) is 11.1 Å². The van der Waals surface area contributed by atoms with Gasteiger partial charge in [-0.05, 0) is 47.1 Å². The predicted molar refractivity (Wildman–Crippen MR) is 89.0 cm³/mol. The summed E-state index contributed by atoms with van der Waals surface area (Å²) < 4.78 is 0. The fourth-order valence-corrected chi connectivity index (χ4v) is 3.90. The van der Waals surface area contributed by atoms with Crippen LogP contribution in [0.2, 0.25) is 0 Å². The highest BCUT2D eigenvalue weighted by Gasteiger charge is 2.14. The Morgan fingerprint density at radius 3 is 2.40 bits per heavy atom. The lowest BCUT2D eigenvalue weighted by Crippen LogP contribution is -2.22. The Labute approximate surface area is 125 Å². The Morgan fingerprint density at radius 2 is 1.70 bits per heavy atom. The van der Waals surface area contributed by atoms with Crippen molar-refractivity contribution in [2.24, 2.45) is 5.92 Å². The van der Waals surface area contributed by atoms with Crippen LogP contribution in [0.5, 0.6) is 0 Å². The molecule has 1 fully saturated rings. The van der Waals surface area contributed by atoms with Crippen molar-refractivity contribution in [1.82, 2.24) is 5.32 Å². The number of hydrogen-bond donors (Lipinski definition) is 1. The van der Waals surface area contributed by atoms with Gasteiger partial charge >= 0.3 is 0 Å². The quantitative estimate of drug-likeness (QED) is 0.883. The van der Waals surface area contributed by atoms with Crippen molar-refractivity contribution >= 4 is 11.8 Å². The van der Waals surface area contributed by atoms with E-state index in [0.29, 0.717) is 0 Å². The zero-order chi connectivity index (χ0) is 13.6. The zero-order valence-corrected chi connectivity index (χ0v) is 12.5. The molecular weight excluding hydrogens is 262 g/mol. The van der Waals surface area contributed by atoms with Gasteiger partial charge in [-0.2, -0.15) is 11.8 Å². The molecule has 0 radical (unpaired) electrons. The first-order chi connectivity index (χ1) is 9.92. The van der Waals surface area contributed by atoms with Gasteiger partial charge in [-0.25, -0.2) is 0 Å². The molecule has 1 unspecified atom stereocenters. The second-order valence-corrected chi connectivity index (χ2v) is 6.57. The lowest BCUT2D eigenvalue weighted by molar-refractivity contribution is 0.523. The van der Waals surface area contributed by atoms with Crippen molar-refractivity contribution in [3.8, 4) is 11.1 Å². The predicted octanol–water partition coefficient (Wildman–Crippen LogP) is 4.20. The van der Waals surface area contributed by atoms with E-state index in [-0.39, 0.29) is 0 Å². The summed E-state index contributed by atoms with van der Waals surface area (Å²) in [5.41, 5.74) is 3.95. The van der Waals surface area contributed by atoms with Crippen molar-refractivity contribution in [3.05, 3.63) is 60.2 Å². The molecule has 3 rings (SSSR count). The summed E-state index contributed by atoms with van der Waals surface area (Å²) in [5, 5.41) is 3.59. The third kappa shape index (κ3) is 3.65. The second kappa shape index (κ2) is 6.96. The van der Waals surface area contributed by atoms with E-state index in [2.05, 4.69) is 71.7 Å². The van der Waals surface area contributed by atoms with Gasteiger partial charge in [0.15, 0.2) is 0 Å². The summed E-state index contributed by atoms with van der Waals surface area (Å²) in [6.45, 7) is 2.14. The summed E-state index contributed by atoms with van der Waals surface area (Å²) in [6.07, 6.45) is 1.38. The minimum atomic E-state index is 0.878. The van der Waals surface area contributed by atoms with Gasteiger partial charge in [-0.15, -0.1) is 0 Å². The van der Waals surface area contributed by atoms with E-state index in [1.807, 2.05) is 0 Å². The van der Waals surface area contributed by atoms with E-state index >= 15 is 0 Å². The van der Waals surface area contributed by atoms with Crippen LogP contribution in [0, 0.1) is 5.92 Å². The summed E-state index contributed by atoms with van der Waals surface area (Å²) in [5.74, 6) is 3.56. The Kier molecular flexibility index (Phi) is 4.77. The average Bonchev–Trinajstić information content (AvgIpc) is 3.02. The second-order valence-electron chi connectivity index (χ2n) is 5.42. The molecule has 0 aliphatic carbocycles. The third-order valence-electron chi connectivity index (χ3n) is 3.85. The topological polar surface area (TPSA) is 12.0 Å². The number of benzene rings is 2. The van der Waals surface area contributed by atoms with Gasteiger partial charge in [0.05, 0.1) is 0 Å². The van der Waals surface area contributed by atoms with Gasteiger partial charge in [-0.3, -0.25) is 0 Å². The van der Waals surface area contributed by atoms with Gasteiger partial charge in [0.1, 0.15) is 0 Å². The molecule has 104 valence electrons. The molecule has 1 N–H and O–H groups in total. The van der Waals surface area contributed by atoms with Crippen molar-refractivity contribution < 1.29 is 0 Å². The van der Waals surface area contributed by atoms with Crippen molar-refractivity contribution in [3.63, 3.8) is 0 Å². The minimum absolute atomic E-state index is 0.878. The van der Waals surface area contributed by atoms with E-state index in [4.69, 9.17) is 0 Å². The van der Waals surface area contributed by atoms with Crippen LogP contribution in [-0.2, 0) is 6.54 Å². The number of thioether (sulfide) groups is 1. The van der Waals surface area contributed by atoms with E-state index < -0.39 is 0 Å². The van der Waals surface area contributed by atoms with Crippen LogP contribution < -0.4 is 5.32 Å². The van der Waals surface area contributed by atoms with Crippen LogP contribution in [0.4, 0.5) is 0 Å². The first kappa shape index (κ1) is 13.7. The molecule has 0 bridgehead atoms. The lowest BCUT2D eigenvalue weighted by atomic mass is 10.0. The molecule has 1 aliphatic rings. The summed E-state index contributed by atoms with van der Waals surface area (Å²) in [7, 11) is 0. The molecule has 0 spiro atoms. The smallest absolute Gasteiger partial charge is 0.0205 e. The van der Waals surface area contributed by atoms with Crippen LogP contribution in [0.1, 0.15) is 12.0 Å². The molecule has 20 heavy (non-hydrogen) atoms. The SMILES string of the molecule is c1ccc(-c2ccc(CNCC3CCSC3)cc2)cc1. The summed E-state index contributed by atoms with van der Waals surface area (Å²) in [6, 6.07) is 19.5. The first-order valence-electron chi connectivity index (χ1n) is 7.34. The minimum Gasteiger partial charge on any atom is -0.312 e. The number of hydrogen-bond acceptors (Lipinski definition) is 2. The monoisotopic (exact) mass is 283 g/mol. The Balaban J connectivity index is 1.53. The fraction of sp³-hybridized carbons (Fsp3) is 0.333. The molecule has 0 aromatic heterocycles. The molecule has 2 aromatic carbocycles. The Hall–Kier alpha value is -1.25. The molecule has 0 amide bonds. The summed E-state index contributed by atoms with van der Waals surface area (Å²) in [4.78, 5) is 0. The fourth-order valence-electron chi connectivity index (χ4n) is 2.61. The van der Waals surface area contributed by atoms with E-state index in [1.54, 1.807) is 0 Å². The molecule has 1 nitrogen and oxygen atoms in total. The Morgan fingerprint density at radius 1 is 0.950 bits per heavy atom. The maximum Gasteiger partial charge on any atom is 0.0205 e. The zero-order valence-electron chi connectivity index (χ0n) is 11.7. The molecule has 0 saturated carbocycles. The van der Waals surface area contributed by atoms with Crippen molar-refractivity contribution in [1.29, 1.82) is 0 Å². The molecule has 2 aromatic rings. The van der Waals surface area contributed by atoms with Crippen molar-refractivity contribution in [2.45, 2.75) is 13.0 Å². The van der Waals surface area contributed by atoms with E-state index in [0.717, 1.165) is 19.0 Å². The maximum atomic E-state index is 3.59. The summed E-state index contributed by atoms with van der Waals surface area (Å²) >= 11 is 2.09. The van der Waals surface area contributed by atoms with Crippen molar-refractivity contribution in [2.75, 3.05) is 18.1 Å². The maximum absolute atomic E-state index is 3.59. The van der Waals surface area contributed by atoms with Crippen LogP contribution in [0.3, 0.4) is 0 Å². The first-order valence-corrected chi connectivity index (χ1v) is 8.50. The van der Waals surface area contributed by atoms with Crippen LogP contribution >= 0.6 is 11.8 Å². The molecule has 1 heterocycles. The highest BCUT2D eigenvalue weighted by Crippen LogP contribution is 2.23. The van der Waals surface area contributed by atoms with Gasteiger partial charge in [-0.1, -0.05) is 54.6 Å². The average molecular weight is 283 g/mol. The van der Waals surface area contributed by atoms with Gasteiger partial charge in [0.25, 0.3) is 0 Å². The standard InChI is InChI=1S/C18H21NS/c1-2-4-17(5-3-1)18-8-6-15(7-9-18)12-19-13-16-10-11-20-14-16/h1-9,16,19H,10-14H2. The Bertz CT molecular complexity index is 515. The normalized spacial score (nSPS) is 18.3.